The van der Waals surface area contributed by atoms with Crippen LogP contribution >= 0.6 is 0 Å². The maximum absolute atomic E-state index is 12.9. The maximum Gasteiger partial charge on any atom is 0.182 e. The fourth-order valence-electron chi connectivity index (χ4n) is 2.98. The van der Waals surface area contributed by atoms with Gasteiger partial charge in [-0.15, -0.1) is 0 Å². The predicted octanol–water partition coefficient (Wildman–Crippen LogP) is 2.05. The van der Waals surface area contributed by atoms with E-state index in [1.807, 2.05) is 26.0 Å². The minimum Gasteiger partial charge on any atom is -0.395 e. The van der Waals surface area contributed by atoms with Crippen LogP contribution in [0.25, 0.3) is 0 Å². The lowest BCUT2D eigenvalue weighted by Crippen LogP contribution is -2.50. The summed E-state index contributed by atoms with van der Waals surface area (Å²) in [4.78, 5) is 0.406. The summed E-state index contributed by atoms with van der Waals surface area (Å²) in [5, 5.41) is 12.1. The van der Waals surface area contributed by atoms with Gasteiger partial charge in [-0.3, -0.25) is 0 Å². The Balaban J connectivity index is 2.25. The van der Waals surface area contributed by atoms with Crippen LogP contribution in [0.2, 0.25) is 0 Å². The summed E-state index contributed by atoms with van der Waals surface area (Å²) in [6, 6.07) is 6.93. The summed E-state index contributed by atoms with van der Waals surface area (Å²) in [6.07, 6.45) is 3.52. The van der Waals surface area contributed by atoms with Gasteiger partial charge in [-0.25, -0.2) is 8.42 Å². The molecule has 2 rings (SSSR count). The summed E-state index contributed by atoms with van der Waals surface area (Å²) < 4.78 is 25.8. The number of hydrogen-bond donors (Lipinski definition) is 2. The summed E-state index contributed by atoms with van der Waals surface area (Å²) in [5.74, 6) is 0. The molecule has 0 unspecified atom stereocenters. The molecule has 118 valence electrons. The highest BCUT2D eigenvalue weighted by molar-refractivity contribution is 7.92. The molecule has 0 bridgehead atoms. The van der Waals surface area contributed by atoms with Crippen LogP contribution in [-0.4, -0.2) is 37.5 Å². The van der Waals surface area contributed by atoms with E-state index in [-0.39, 0.29) is 18.7 Å². The molecule has 21 heavy (non-hydrogen) atoms. The third kappa shape index (κ3) is 3.84. The molecule has 0 aliphatic heterocycles. The second-order valence-corrected chi connectivity index (χ2v) is 8.20. The van der Waals surface area contributed by atoms with E-state index in [0.29, 0.717) is 11.3 Å². The van der Waals surface area contributed by atoms with Gasteiger partial charge in [0, 0.05) is 12.1 Å². The first-order valence-electron chi connectivity index (χ1n) is 7.62. The molecule has 0 aromatic heterocycles. The quantitative estimate of drug-likeness (QED) is 0.873. The Labute approximate surface area is 127 Å². The van der Waals surface area contributed by atoms with Gasteiger partial charge in [-0.1, -0.05) is 30.5 Å². The van der Waals surface area contributed by atoms with Crippen molar-refractivity contribution in [2.75, 3.05) is 6.61 Å². The van der Waals surface area contributed by atoms with Crippen molar-refractivity contribution in [1.29, 1.82) is 0 Å². The number of sulfone groups is 1. The predicted molar refractivity (Wildman–Crippen MR) is 84.1 cm³/mol. The first-order valence-corrected chi connectivity index (χ1v) is 9.17. The average molecular weight is 311 g/mol. The van der Waals surface area contributed by atoms with Crippen molar-refractivity contribution in [2.24, 2.45) is 0 Å². The Morgan fingerprint density at radius 3 is 2.48 bits per heavy atom. The second-order valence-electron chi connectivity index (χ2n) is 6.04. The van der Waals surface area contributed by atoms with Crippen molar-refractivity contribution < 1.29 is 13.5 Å². The number of benzene rings is 1. The number of aliphatic hydroxyl groups is 1. The fraction of sp³-hybridized carbons (Fsp3) is 0.625. The minimum atomic E-state index is -3.33. The lowest BCUT2D eigenvalue weighted by molar-refractivity contribution is 0.228. The summed E-state index contributed by atoms with van der Waals surface area (Å²) in [7, 11) is -3.33. The van der Waals surface area contributed by atoms with E-state index < -0.39 is 15.1 Å². The van der Waals surface area contributed by atoms with E-state index in [4.69, 9.17) is 0 Å². The highest BCUT2D eigenvalue weighted by Crippen LogP contribution is 2.29. The molecule has 1 aliphatic carbocycles. The monoisotopic (exact) mass is 311 g/mol. The number of rotatable bonds is 5. The molecule has 0 saturated heterocycles. The van der Waals surface area contributed by atoms with Gasteiger partial charge < -0.3 is 10.4 Å². The highest BCUT2D eigenvalue weighted by atomic mass is 32.2. The van der Waals surface area contributed by atoms with E-state index in [2.05, 4.69) is 5.32 Å². The molecule has 0 radical (unpaired) electrons. The Morgan fingerprint density at radius 1 is 1.24 bits per heavy atom. The normalized spacial score (nSPS) is 24.7. The zero-order valence-electron chi connectivity index (χ0n) is 12.7. The lowest BCUT2D eigenvalue weighted by atomic mass is 9.94. The number of hydrogen-bond acceptors (Lipinski definition) is 4. The van der Waals surface area contributed by atoms with E-state index in [0.717, 1.165) is 24.8 Å². The van der Waals surface area contributed by atoms with Crippen molar-refractivity contribution in [3.8, 4) is 0 Å². The van der Waals surface area contributed by atoms with Crippen LogP contribution in [0, 0.1) is 6.92 Å². The van der Waals surface area contributed by atoms with E-state index >= 15 is 0 Å². The third-order valence-corrected chi connectivity index (χ3v) is 6.51. The number of aryl methyl sites for hydroxylation is 1. The summed E-state index contributed by atoms with van der Waals surface area (Å²) >= 11 is 0. The van der Waals surface area contributed by atoms with Gasteiger partial charge in [0.25, 0.3) is 0 Å². The fourth-order valence-corrected chi connectivity index (χ4v) is 4.97. The van der Waals surface area contributed by atoms with Crippen molar-refractivity contribution in [3.05, 3.63) is 29.8 Å². The largest absolute Gasteiger partial charge is 0.395 e. The lowest BCUT2D eigenvalue weighted by Gasteiger charge is -2.33. The van der Waals surface area contributed by atoms with Gasteiger partial charge in [-0.2, -0.15) is 0 Å². The van der Waals surface area contributed by atoms with Gasteiger partial charge in [0.05, 0.1) is 16.8 Å². The van der Waals surface area contributed by atoms with Crippen molar-refractivity contribution in [2.45, 2.75) is 61.8 Å². The van der Waals surface area contributed by atoms with Crippen LogP contribution in [0.4, 0.5) is 0 Å². The summed E-state index contributed by atoms with van der Waals surface area (Å²) in [5.41, 5.74) is 1.06. The first-order chi connectivity index (χ1) is 9.95. The first kappa shape index (κ1) is 16.5. The molecular formula is C16H25NO3S. The Hall–Kier alpha value is -0.910. The van der Waals surface area contributed by atoms with Crippen LogP contribution in [0.5, 0.6) is 0 Å². The molecule has 1 fully saturated rings. The van der Waals surface area contributed by atoms with E-state index in [1.165, 1.54) is 0 Å². The molecule has 0 heterocycles. The molecule has 3 atom stereocenters. The molecule has 4 nitrogen and oxygen atoms in total. The van der Waals surface area contributed by atoms with Crippen LogP contribution in [0.15, 0.2) is 29.2 Å². The second kappa shape index (κ2) is 6.90. The zero-order valence-corrected chi connectivity index (χ0v) is 13.6. The van der Waals surface area contributed by atoms with Gasteiger partial charge in [-0.05, 0) is 38.8 Å². The van der Waals surface area contributed by atoms with Crippen molar-refractivity contribution >= 4 is 9.84 Å². The number of aliphatic hydroxyl groups excluding tert-OH is 1. The number of nitrogens with one attached hydrogen (secondary N) is 1. The molecule has 1 aromatic carbocycles. The standard InChI is InChI=1S/C16H25NO3S/c1-12-7-9-14(10-8-12)21(19,20)16-6-4-3-5-15(16)17-13(2)11-18/h7-10,13,15-18H,3-6,11H2,1-2H3/t13-,15-,16+/m0/s1. The van der Waals surface area contributed by atoms with Crippen LogP contribution in [0.1, 0.15) is 38.2 Å². The molecular weight excluding hydrogens is 286 g/mol. The van der Waals surface area contributed by atoms with E-state index in [9.17, 15) is 13.5 Å². The van der Waals surface area contributed by atoms with Gasteiger partial charge in [0.15, 0.2) is 9.84 Å². The minimum absolute atomic E-state index is 0.0216. The molecule has 0 spiro atoms. The van der Waals surface area contributed by atoms with E-state index in [1.54, 1.807) is 12.1 Å². The van der Waals surface area contributed by atoms with Crippen molar-refractivity contribution in [3.63, 3.8) is 0 Å². The molecule has 1 aromatic rings. The van der Waals surface area contributed by atoms with Crippen LogP contribution in [-0.2, 0) is 9.84 Å². The Kier molecular flexibility index (Phi) is 5.41. The smallest absolute Gasteiger partial charge is 0.182 e. The molecule has 0 amide bonds. The average Bonchev–Trinajstić information content (AvgIpc) is 2.48. The molecule has 1 aliphatic rings. The van der Waals surface area contributed by atoms with Gasteiger partial charge in [0.2, 0.25) is 0 Å². The van der Waals surface area contributed by atoms with Crippen molar-refractivity contribution in [1.82, 2.24) is 5.32 Å². The Morgan fingerprint density at radius 2 is 1.86 bits per heavy atom. The summed E-state index contributed by atoms with van der Waals surface area (Å²) in [6.45, 7) is 3.85. The molecule has 2 N–H and O–H groups in total. The van der Waals surface area contributed by atoms with Crippen LogP contribution < -0.4 is 5.32 Å². The Bertz CT molecular complexity index is 553. The maximum atomic E-state index is 12.9. The highest BCUT2D eigenvalue weighted by Gasteiger charge is 2.36. The SMILES string of the molecule is Cc1ccc(S(=O)(=O)[C@@H]2CCCC[C@@H]2N[C@@H](C)CO)cc1. The third-order valence-electron chi connectivity index (χ3n) is 4.22. The van der Waals surface area contributed by atoms with Gasteiger partial charge in [0.1, 0.15) is 0 Å². The zero-order chi connectivity index (χ0) is 15.5. The molecule has 5 heteroatoms. The van der Waals surface area contributed by atoms with Gasteiger partial charge >= 0.3 is 0 Å². The van der Waals surface area contributed by atoms with Crippen LogP contribution in [0.3, 0.4) is 0 Å². The molecule has 1 saturated carbocycles. The topological polar surface area (TPSA) is 66.4 Å².